The Kier molecular flexibility index (Phi) is 7.83. The molecule has 1 aromatic heterocycles. The van der Waals surface area contributed by atoms with Crippen LogP contribution in [0.15, 0.2) is 47.4 Å². The first-order chi connectivity index (χ1) is 18.6. The number of sulfonamides is 1. The van der Waals surface area contributed by atoms with Crippen molar-refractivity contribution in [2.45, 2.75) is 57.1 Å². The highest BCUT2D eigenvalue weighted by atomic mass is 32.2. The number of carbonyl (C=O) groups is 1. The largest absolute Gasteiger partial charge is 0.478 e. The Morgan fingerprint density at radius 2 is 1.75 bits per heavy atom. The Bertz CT molecular complexity index is 1540. The number of hydrogen-bond donors (Lipinski definition) is 3. The smallest absolute Gasteiger partial charge is 0.394 e. The second-order valence-electron chi connectivity index (χ2n) is 10.1. The molecule has 0 spiro atoms. The van der Waals surface area contributed by atoms with Crippen molar-refractivity contribution in [3.8, 4) is 17.1 Å². The predicted molar refractivity (Wildman–Crippen MR) is 142 cm³/mol. The molecule has 2 aromatic carbocycles. The molecule has 0 saturated heterocycles. The van der Waals surface area contributed by atoms with Crippen molar-refractivity contribution < 1.29 is 36.2 Å². The van der Waals surface area contributed by atoms with E-state index in [9.17, 15) is 31.5 Å². The number of carboxylic acids is 1. The van der Waals surface area contributed by atoms with Gasteiger partial charge in [-0.25, -0.2) is 22.9 Å². The monoisotopic (exact) mass is 578 g/mol. The van der Waals surface area contributed by atoms with Crippen LogP contribution in [0.5, 0.6) is 5.88 Å². The maximum atomic E-state index is 13.4. The van der Waals surface area contributed by atoms with Crippen molar-refractivity contribution in [3.63, 3.8) is 0 Å². The third-order valence-corrected chi connectivity index (χ3v) is 8.30. The molecule has 1 aliphatic carbocycles. The highest BCUT2D eigenvalue weighted by molar-refractivity contribution is 7.92. The van der Waals surface area contributed by atoms with Gasteiger partial charge in [-0.2, -0.15) is 18.2 Å². The molecule has 13 heteroatoms. The summed E-state index contributed by atoms with van der Waals surface area (Å²) < 4.78 is 74.5. The number of alkyl halides is 3. The van der Waals surface area contributed by atoms with Gasteiger partial charge >= 0.3 is 12.1 Å². The number of rotatable bonds is 10. The van der Waals surface area contributed by atoms with Crippen LogP contribution >= 0.6 is 0 Å². The van der Waals surface area contributed by atoms with Gasteiger partial charge in [0.05, 0.1) is 21.6 Å². The molecule has 0 unspecified atom stereocenters. The second kappa shape index (κ2) is 10.7. The summed E-state index contributed by atoms with van der Waals surface area (Å²) in [6.45, 7) is 5.09. The summed E-state index contributed by atoms with van der Waals surface area (Å²) in [6.07, 6.45) is -4.62. The van der Waals surface area contributed by atoms with E-state index in [1.165, 1.54) is 18.2 Å². The van der Waals surface area contributed by atoms with Gasteiger partial charge in [0.15, 0.2) is 0 Å². The van der Waals surface area contributed by atoms with Crippen LogP contribution < -0.4 is 15.2 Å². The van der Waals surface area contributed by atoms with Crippen LogP contribution in [0.4, 0.5) is 19.1 Å². The van der Waals surface area contributed by atoms with Crippen LogP contribution in [0.1, 0.15) is 46.3 Å². The zero-order valence-electron chi connectivity index (χ0n) is 22.0. The van der Waals surface area contributed by atoms with Gasteiger partial charge in [-0.3, -0.25) is 0 Å². The van der Waals surface area contributed by atoms with E-state index in [0.29, 0.717) is 16.8 Å². The number of nitrogens with two attached hydrogens (primary N) is 1. The summed E-state index contributed by atoms with van der Waals surface area (Å²) >= 11 is 0. The van der Waals surface area contributed by atoms with Crippen LogP contribution in [-0.4, -0.2) is 48.3 Å². The summed E-state index contributed by atoms with van der Waals surface area (Å²) in [7, 11) is -4.33. The van der Waals surface area contributed by atoms with Gasteiger partial charge in [-0.05, 0) is 69.4 Å². The Labute approximate surface area is 229 Å². The molecular formula is C27H29F3N4O5S. The number of nitrogens with one attached hydrogen (secondary N) is 1. The minimum absolute atomic E-state index is 0.0163. The van der Waals surface area contributed by atoms with Crippen LogP contribution in [0.25, 0.3) is 11.3 Å². The first-order valence-corrected chi connectivity index (χ1v) is 13.9. The van der Waals surface area contributed by atoms with Crippen molar-refractivity contribution in [1.82, 2.24) is 9.97 Å². The van der Waals surface area contributed by atoms with Gasteiger partial charge in [0.1, 0.15) is 6.61 Å². The average molecular weight is 579 g/mol. The molecule has 1 heterocycles. The number of nitrogens with zero attached hydrogens (tertiary/aromatic N) is 2. The number of hydrogen-bond acceptors (Lipinski definition) is 7. The predicted octanol–water partition coefficient (Wildman–Crippen LogP) is 5.01. The van der Waals surface area contributed by atoms with Crippen molar-refractivity contribution in [1.29, 1.82) is 0 Å². The number of benzene rings is 2. The molecule has 1 saturated carbocycles. The molecule has 40 heavy (non-hydrogen) atoms. The molecule has 1 aliphatic rings. The van der Waals surface area contributed by atoms with Gasteiger partial charge in [-0.15, -0.1) is 0 Å². The van der Waals surface area contributed by atoms with E-state index in [0.717, 1.165) is 17.2 Å². The first-order valence-electron chi connectivity index (χ1n) is 12.4. The Morgan fingerprint density at radius 1 is 1.12 bits per heavy atom. The number of anilines is 1. The van der Waals surface area contributed by atoms with Crippen molar-refractivity contribution >= 4 is 21.9 Å². The van der Waals surface area contributed by atoms with Crippen LogP contribution in [0.3, 0.4) is 0 Å². The minimum atomic E-state index is -4.35. The second-order valence-corrected chi connectivity index (χ2v) is 11.8. The quantitative estimate of drug-likeness (QED) is 0.305. The molecule has 0 aliphatic heterocycles. The summed E-state index contributed by atoms with van der Waals surface area (Å²) in [5, 5.41) is 9.24. The molecule has 0 radical (unpaired) electrons. The fourth-order valence-electron chi connectivity index (χ4n) is 4.59. The van der Waals surface area contributed by atoms with Crippen LogP contribution in [-0.2, 0) is 10.0 Å². The first kappa shape index (κ1) is 29.3. The number of aromatic carboxylic acids is 1. The van der Waals surface area contributed by atoms with Crippen LogP contribution in [0.2, 0.25) is 0 Å². The standard InChI is InChI=1S/C27H29F3N4O5S/c1-15-6-4-7-16(2)21(15)22-17(3)23(39-14-19(31)13-26(10-11-26)27(28,29)30)33-25(32-22)34-40(37,38)20-9-5-8-18(12-20)24(35)36/h4-9,12,19H,10-11,13-14,31H2,1-3H3,(H,35,36)(H,32,33,34)/t19-/m1/s1. The lowest BCUT2D eigenvalue weighted by atomic mass is 9.97. The van der Waals surface area contributed by atoms with Gasteiger partial charge in [0.2, 0.25) is 11.8 Å². The molecular weight excluding hydrogens is 549 g/mol. The maximum absolute atomic E-state index is 13.4. The minimum Gasteiger partial charge on any atom is -0.478 e. The molecule has 1 atom stereocenters. The van der Waals surface area contributed by atoms with Crippen LogP contribution in [0, 0.1) is 26.2 Å². The third-order valence-electron chi connectivity index (χ3n) is 6.98. The van der Waals surface area contributed by atoms with E-state index in [4.69, 9.17) is 10.5 Å². The number of carboxylic acid groups (broad SMARTS) is 1. The zero-order valence-corrected chi connectivity index (χ0v) is 22.9. The normalized spacial score (nSPS) is 15.4. The van der Waals surface area contributed by atoms with Crippen molar-refractivity contribution in [2.24, 2.45) is 11.1 Å². The van der Waals surface area contributed by atoms with E-state index in [1.54, 1.807) is 6.92 Å². The SMILES string of the molecule is Cc1cccc(C)c1-c1nc(NS(=O)(=O)c2cccc(C(=O)O)c2)nc(OC[C@H](N)CC2(C(F)(F)F)CC2)c1C. The Balaban J connectivity index is 1.70. The van der Waals surface area contributed by atoms with Crippen molar-refractivity contribution in [3.05, 3.63) is 64.7 Å². The topological polar surface area (TPSA) is 144 Å². The third kappa shape index (κ3) is 6.04. The fraction of sp³-hybridized carbons (Fsp3) is 0.370. The number of aryl methyl sites for hydroxylation is 2. The molecule has 214 valence electrons. The average Bonchev–Trinajstić information content (AvgIpc) is 3.65. The lowest BCUT2D eigenvalue weighted by molar-refractivity contribution is -0.190. The summed E-state index contributed by atoms with van der Waals surface area (Å²) in [4.78, 5) is 19.7. The number of ether oxygens (including phenoxy) is 1. The molecule has 0 amide bonds. The Hall–Kier alpha value is -3.71. The van der Waals surface area contributed by atoms with E-state index in [2.05, 4.69) is 14.7 Å². The molecule has 4 N–H and O–H groups in total. The lowest BCUT2D eigenvalue weighted by Crippen LogP contribution is -2.36. The van der Waals surface area contributed by atoms with Gasteiger partial charge in [0.25, 0.3) is 10.0 Å². The molecule has 9 nitrogen and oxygen atoms in total. The highest BCUT2D eigenvalue weighted by Gasteiger charge is 2.63. The molecule has 3 aromatic rings. The van der Waals surface area contributed by atoms with Crippen molar-refractivity contribution in [2.75, 3.05) is 11.3 Å². The molecule has 0 bridgehead atoms. The zero-order chi connectivity index (χ0) is 29.5. The van der Waals surface area contributed by atoms with Gasteiger partial charge in [-0.1, -0.05) is 24.3 Å². The fourth-order valence-corrected chi connectivity index (χ4v) is 5.58. The van der Waals surface area contributed by atoms with E-state index in [1.807, 2.05) is 32.0 Å². The Morgan fingerprint density at radius 3 is 2.33 bits per heavy atom. The summed E-state index contributed by atoms with van der Waals surface area (Å²) in [6, 6.07) is 9.38. The molecule has 4 rings (SSSR count). The van der Waals surface area contributed by atoms with E-state index in [-0.39, 0.29) is 48.2 Å². The van der Waals surface area contributed by atoms with E-state index < -0.39 is 33.6 Å². The van der Waals surface area contributed by atoms with Gasteiger partial charge in [0, 0.05) is 17.2 Å². The maximum Gasteiger partial charge on any atom is 0.394 e. The van der Waals surface area contributed by atoms with Gasteiger partial charge < -0.3 is 15.6 Å². The molecule has 1 fully saturated rings. The highest BCUT2D eigenvalue weighted by Crippen LogP contribution is 2.60. The summed E-state index contributed by atoms with van der Waals surface area (Å²) in [5.74, 6) is -1.70. The number of aromatic nitrogens is 2. The van der Waals surface area contributed by atoms with E-state index >= 15 is 0 Å². The number of halogens is 3. The summed E-state index contributed by atoms with van der Waals surface area (Å²) in [5.41, 5.74) is 7.18. The lowest BCUT2D eigenvalue weighted by Gasteiger charge is -2.23.